The number of carbonyl (C=O) groups is 2. The van der Waals surface area contributed by atoms with Gasteiger partial charge in [-0.15, -0.1) is 0 Å². The lowest BCUT2D eigenvalue weighted by Crippen LogP contribution is -2.13. The number of methoxy groups -OCH3 is 2. The van der Waals surface area contributed by atoms with Gasteiger partial charge in [-0.05, 0) is 94.9 Å². The second kappa shape index (κ2) is 11.7. The fourth-order valence-corrected chi connectivity index (χ4v) is 3.85. The molecule has 1 N–H and O–H groups in total. The van der Waals surface area contributed by atoms with Crippen molar-refractivity contribution in [2.75, 3.05) is 19.5 Å². The van der Waals surface area contributed by atoms with Crippen LogP contribution in [-0.4, -0.2) is 26.1 Å². The number of hydrogen-bond acceptors (Lipinski definition) is 6. The molecule has 0 aliphatic rings. The number of benzene rings is 3. The van der Waals surface area contributed by atoms with Crippen LogP contribution in [0.15, 0.2) is 70.7 Å². The molecule has 3 aromatic rings. The van der Waals surface area contributed by atoms with E-state index in [0.717, 1.165) is 4.47 Å². The molecule has 0 atom stereocenters. The zero-order valence-electron chi connectivity index (χ0n) is 18.1. The van der Waals surface area contributed by atoms with Crippen molar-refractivity contribution in [3.8, 4) is 23.3 Å². The molecule has 0 heterocycles. The van der Waals surface area contributed by atoms with E-state index in [-0.39, 0.29) is 17.1 Å². The van der Waals surface area contributed by atoms with Crippen LogP contribution >= 0.6 is 38.5 Å². The lowest BCUT2D eigenvalue weighted by atomic mass is 10.1. The number of ether oxygens (including phenoxy) is 3. The Hall–Kier alpha value is -3.36. The highest BCUT2D eigenvalue weighted by Gasteiger charge is 2.18. The van der Waals surface area contributed by atoms with Crippen LogP contribution < -0.4 is 19.5 Å². The highest BCUT2D eigenvalue weighted by molar-refractivity contribution is 14.1. The van der Waals surface area contributed by atoms with Crippen molar-refractivity contribution in [1.29, 1.82) is 5.26 Å². The van der Waals surface area contributed by atoms with Gasteiger partial charge in [-0.1, -0.05) is 15.9 Å². The van der Waals surface area contributed by atoms with Gasteiger partial charge in [0.05, 0.1) is 23.4 Å². The van der Waals surface area contributed by atoms with E-state index in [1.165, 1.54) is 13.2 Å². The fourth-order valence-electron chi connectivity index (χ4n) is 2.85. The Labute approximate surface area is 218 Å². The number of rotatable bonds is 7. The smallest absolute Gasteiger partial charge is 0.343 e. The second-order valence-electron chi connectivity index (χ2n) is 6.78. The van der Waals surface area contributed by atoms with Gasteiger partial charge in [-0.3, -0.25) is 4.79 Å². The van der Waals surface area contributed by atoms with Crippen LogP contribution in [0.25, 0.3) is 6.08 Å². The van der Waals surface area contributed by atoms with Gasteiger partial charge in [-0.25, -0.2) is 4.79 Å². The quantitative estimate of drug-likeness (QED) is 0.116. The van der Waals surface area contributed by atoms with Crippen LogP contribution in [0, 0.1) is 14.9 Å². The van der Waals surface area contributed by atoms with Gasteiger partial charge < -0.3 is 19.5 Å². The van der Waals surface area contributed by atoms with E-state index in [1.807, 2.05) is 28.7 Å². The molecule has 0 radical (unpaired) electrons. The van der Waals surface area contributed by atoms with Gasteiger partial charge in [0, 0.05) is 10.2 Å². The standard InChI is InChI=1S/C25H18BrIN2O5/c1-32-20-9-3-16(4-10-20)25(31)34-23-21(27)12-15(13-22(23)33-2)11-17(14-28)24(30)29-19-7-5-18(26)6-8-19/h3-13H,1-2H3,(H,29,30)/b17-11+. The van der Waals surface area contributed by atoms with Crippen molar-refractivity contribution in [1.82, 2.24) is 0 Å². The predicted molar refractivity (Wildman–Crippen MR) is 140 cm³/mol. The van der Waals surface area contributed by atoms with Gasteiger partial charge in [0.15, 0.2) is 11.5 Å². The maximum Gasteiger partial charge on any atom is 0.343 e. The summed E-state index contributed by atoms with van der Waals surface area (Å²) in [6.45, 7) is 0. The monoisotopic (exact) mass is 632 g/mol. The highest BCUT2D eigenvalue weighted by atomic mass is 127. The number of amides is 1. The van der Waals surface area contributed by atoms with E-state index < -0.39 is 11.9 Å². The molecule has 0 aromatic heterocycles. The van der Waals surface area contributed by atoms with E-state index >= 15 is 0 Å². The molecule has 9 heteroatoms. The number of esters is 1. The molecule has 7 nitrogen and oxygen atoms in total. The van der Waals surface area contributed by atoms with E-state index in [1.54, 1.807) is 67.8 Å². The number of anilines is 1. The first-order valence-electron chi connectivity index (χ1n) is 9.77. The second-order valence-corrected chi connectivity index (χ2v) is 8.86. The van der Waals surface area contributed by atoms with Crippen molar-refractivity contribution in [3.05, 3.63) is 85.4 Å². The first kappa shape index (κ1) is 25.3. The van der Waals surface area contributed by atoms with Crippen molar-refractivity contribution >= 4 is 62.2 Å². The Kier molecular flexibility index (Phi) is 8.67. The van der Waals surface area contributed by atoms with Crippen LogP contribution in [-0.2, 0) is 4.79 Å². The first-order valence-corrected chi connectivity index (χ1v) is 11.6. The van der Waals surface area contributed by atoms with E-state index in [4.69, 9.17) is 14.2 Å². The molecule has 0 saturated carbocycles. The molecule has 0 aliphatic carbocycles. The van der Waals surface area contributed by atoms with Gasteiger partial charge in [-0.2, -0.15) is 5.26 Å². The van der Waals surface area contributed by atoms with Crippen LogP contribution in [0.1, 0.15) is 15.9 Å². The van der Waals surface area contributed by atoms with Crippen molar-refractivity contribution in [2.24, 2.45) is 0 Å². The van der Waals surface area contributed by atoms with Gasteiger partial charge >= 0.3 is 5.97 Å². The lowest BCUT2D eigenvalue weighted by Gasteiger charge is -2.13. The summed E-state index contributed by atoms with van der Waals surface area (Å²) in [4.78, 5) is 25.2. The lowest BCUT2D eigenvalue weighted by molar-refractivity contribution is -0.112. The summed E-state index contributed by atoms with van der Waals surface area (Å²) < 4.78 is 17.5. The van der Waals surface area contributed by atoms with Crippen molar-refractivity contribution in [3.63, 3.8) is 0 Å². The average Bonchev–Trinajstić information content (AvgIpc) is 2.85. The molecule has 3 aromatic carbocycles. The summed E-state index contributed by atoms with van der Waals surface area (Å²) in [5, 5.41) is 12.2. The molecule has 0 unspecified atom stereocenters. The molecular formula is C25H18BrIN2O5. The topological polar surface area (TPSA) is 97.7 Å². The molecule has 3 rings (SSSR count). The van der Waals surface area contributed by atoms with Gasteiger partial charge in [0.1, 0.15) is 17.4 Å². The van der Waals surface area contributed by atoms with Crippen molar-refractivity contribution in [2.45, 2.75) is 0 Å². The molecule has 0 aliphatic heterocycles. The summed E-state index contributed by atoms with van der Waals surface area (Å²) in [5.41, 5.74) is 1.35. The summed E-state index contributed by atoms with van der Waals surface area (Å²) in [5.74, 6) is 0.0318. The molecule has 0 spiro atoms. The molecule has 1 amide bonds. The van der Waals surface area contributed by atoms with Crippen LogP contribution in [0.4, 0.5) is 5.69 Å². The van der Waals surface area contributed by atoms with Crippen LogP contribution in [0.3, 0.4) is 0 Å². The summed E-state index contributed by atoms with van der Waals surface area (Å²) in [7, 11) is 2.98. The van der Waals surface area contributed by atoms with Crippen LogP contribution in [0.2, 0.25) is 0 Å². The Morgan fingerprint density at radius 2 is 1.71 bits per heavy atom. The fraction of sp³-hybridized carbons (Fsp3) is 0.0800. The van der Waals surface area contributed by atoms with Crippen LogP contribution in [0.5, 0.6) is 17.2 Å². The van der Waals surface area contributed by atoms with Gasteiger partial charge in [0.2, 0.25) is 0 Å². The number of carbonyl (C=O) groups excluding carboxylic acids is 2. The van der Waals surface area contributed by atoms with E-state index in [9.17, 15) is 14.9 Å². The maximum atomic E-state index is 12.6. The largest absolute Gasteiger partial charge is 0.497 e. The average molecular weight is 633 g/mol. The Morgan fingerprint density at radius 1 is 1.03 bits per heavy atom. The number of hydrogen-bond donors (Lipinski definition) is 1. The zero-order valence-corrected chi connectivity index (χ0v) is 21.8. The molecular weight excluding hydrogens is 615 g/mol. The van der Waals surface area contributed by atoms with Gasteiger partial charge in [0.25, 0.3) is 5.91 Å². The maximum absolute atomic E-state index is 12.6. The number of nitriles is 1. The Balaban J connectivity index is 1.83. The number of halogens is 2. The highest BCUT2D eigenvalue weighted by Crippen LogP contribution is 2.35. The third-order valence-corrected chi connectivity index (χ3v) is 5.88. The number of nitrogens with one attached hydrogen (secondary N) is 1. The third-order valence-electron chi connectivity index (χ3n) is 4.55. The minimum absolute atomic E-state index is 0.0938. The summed E-state index contributed by atoms with van der Waals surface area (Å²) in [6.07, 6.45) is 1.44. The Morgan fingerprint density at radius 3 is 2.29 bits per heavy atom. The number of nitrogens with zero attached hydrogens (tertiary/aromatic N) is 1. The predicted octanol–water partition coefficient (Wildman–Crippen LogP) is 5.84. The Bertz CT molecular complexity index is 1280. The third kappa shape index (κ3) is 6.36. The minimum atomic E-state index is -0.561. The minimum Gasteiger partial charge on any atom is -0.497 e. The SMILES string of the molecule is COc1ccc(C(=O)Oc2c(I)cc(/C=C(\C#N)C(=O)Nc3ccc(Br)cc3)cc2OC)cc1. The normalized spacial score (nSPS) is 10.7. The molecule has 172 valence electrons. The molecule has 0 bridgehead atoms. The van der Waals surface area contributed by atoms with Crippen molar-refractivity contribution < 1.29 is 23.8 Å². The molecule has 34 heavy (non-hydrogen) atoms. The summed E-state index contributed by atoms with van der Waals surface area (Å²) in [6, 6.07) is 18.7. The summed E-state index contributed by atoms with van der Waals surface area (Å²) >= 11 is 5.34. The molecule has 0 fully saturated rings. The first-order chi connectivity index (χ1) is 16.3. The van der Waals surface area contributed by atoms with E-state index in [0.29, 0.717) is 26.1 Å². The molecule has 0 saturated heterocycles. The van der Waals surface area contributed by atoms with E-state index in [2.05, 4.69) is 21.2 Å². The zero-order chi connectivity index (χ0) is 24.7.